The first kappa shape index (κ1) is 13.0. The highest BCUT2D eigenvalue weighted by atomic mass is 79.9. The molecular formula is C12H11BrClN3O. The van der Waals surface area contributed by atoms with E-state index in [9.17, 15) is 4.79 Å². The Labute approximate surface area is 118 Å². The third kappa shape index (κ3) is 2.68. The number of nitrogens with zero attached hydrogens (tertiary/aromatic N) is 1. The molecular weight excluding hydrogens is 318 g/mol. The van der Waals surface area contributed by atoms with Crippen molar-refractivity contribution in [2.45, 2.75) is 0 Å². The fraction of sp³-hybridized carbons (Fsp3) is 0.0833. The Morgan fingerprint density at radius 1 is 1.44 bits per heavy atom. The highest BCUT2D eigenvalue weighted by Crippen LogP contribution is 2.26. The second-order valence-electron chi connectivity index (χ2n) is 3.85. The number of nitrogens with one attached hydrogen (secondary N) is 1. The fourth-order valence-corrected chi connectivity index (χ4v) is 2.11. The second-order valence-corrected chi connectivity index (χ2v) is 5.14. The second kappa shape index (κ2) is 5.04. The normalized spacial score (nSPS) is 10.4. The molecule has 94 valence electrons. The van der Waals surface area contributed by atoms with Crippen LogP contribution in [0.2, 0.25) is 5.02 Å². The number of nitrogen functional groups attached to an aromatic ring is 1. The lowest BCUT2D eigenvalue weighted by Gasteiger charge is -2.08. The maximum atomic E-state index is 12.1. The van der Waals surface area contributed by atoms with Crippen molar-refractivity contribution in [3.8, 4) is 0 Å². The van der Waals surface area contributed by atoms with Gasteiger partial charge in [0.15, 0.2) is 0 Å². The molecule has 2 aromatic rings. The number of aromatic nitrogens is 1. The van der Waals surface area contributed by atoms with Gasteiger partial charge in [0, 0.05) is 22.7 Å². The Morgan fingerprint density at radius 3 is 2.78 bits per heavy atom. The molecule has 18 heavy (non-hydrogen) atoms. The molecule has 0 saturated carbocycles. The summed E-state index contributed by atoms with van der Waals surface area (Å²) in [4.78, 5) is 12.1. The van der Waals surface area contributed by atoms with Gasteiger partial charge in [-0.3, -0.25) is 4.79 Å². The van der Waals surface area contributed by atoms with Crippen LogP contribution in [0.4, 0.5) is 11.4 Å². The van der Waals surface area contributed by atoms with Crippen molar-refractivity contribution in [1.82, 2.24) is 4.57 Å². The lowest BCUT2D eigenvalue weighted by molar-refractivity contribution is 0.101. The van der Waals surface area contributed by atoms with Gasteiger partial charge in [-0.05, 0) is 40.2 Å². The van der Waals surface area contributed by atoms with E-state index < -0.39 is 0 Å². The minimum Gasteiger partial charge on any atom is -0.397 e. The zero-order chi connectivity index (χ0) is 13.3. The van der Waals surface area contributed by atoms with Crippen molar-refractivity contribution in [2.24, 2.45) is 7.05 Å². The van der Waals surface area contributed by atoms with Crippen molar-refractivity contribution in [3.05, 3.63) is 45.7 Å². The van der Waals surface area contributed by atoms with Crippen LogP contribution in [0.5, 0.6) is 0 Å². The lowest BCUT2D eigenvalue weighted by atomic mass is 10.3. The summed E-state index contributed by atoms with van der Waals surface area (Å²) < 4.78 is 2.44. The Balaban J connectivity index is 2.26. The summed E-state index contributed by atoms with van der Waals surface area (Å²) in [6, 6.07) is 6.81. The molecule has 0 fully saturated rings. The molecule has 0 radical (unpaired) electrons. The molecule has 0 aliphatic heterocycles. The van der Waals surface area contributed by atoms with Gasteiger partial charge in [-0.25, -0.2) is 0 Å². The fourth-order valence-electron chi connectivity index (χ4n) is 1.60. The quantitative estimate of drug-likeness (QED) is 0.889. The third-order valence-corrected chi connectivity index (χ3v) is 3.36. The average Bonchev–Trinajstić information content (AvgIpc) is 2.63. The van der Waals surface area contributed by atoms with Crippen molar-refractivity contribution >= 4 is 44.8 Å². The first-order chi connectivity index (χ1) is 8.47. The van der Waals surface area contributed by atoms with Crippen LogP contribution in [-0.4, -0.2) is 10.5 Å². The van der Waals surface area contributed by atoms with Crippen LogP contribution >= 0.6 is 27.5 Å². The molecule has 0 aliphatic carbocycles. The topological polar surface area (TPSA) is 60.0 Å². The number of carbonyl (C=O) groups excluding carboxylic acids is 1. The number of carbonyl (C=O) groups is 1. The molecule has 0 unspecified atom stereocenters. The minimum atomic E-state index is -0.239. The van der Waals surface area contributed by atoms with Gasteiger partial charge < -0.3 is 15.6 Å². The Morgan fingerprint density at radius 2 is 2.17 bits per heavy atom. The van der Waals surface area contributed by atoms with Crippen LogP contribution < -0.4 is 11.1 Å². The molecule has 1 aromatic heterocycles. The number of hydrogen-bond donors (Lipinski definition) is 2. The molecule has 1 amide bonds. The molecule has 6 heteroatoms. The molecule has 0 saturated heterocycles. The standard InChI is InChI=1S/C12H11BrClN3O/c1-17-6-8(15)5-11(17)12(18)16-10-4-7(14)2-3-9(10)13/h2-6H,15H2,1H3,(H,16,18). The third-order valence-electron chi connectivity index (χ3n) is 2.44. The van der Waals surface area contributed by atoms with Crippen LogP contribution in [0, 0.1) is 0 Å². The summed E-state index contributed by atoms with van der Waals surface area (Å²) in [5.41, 5.74) is 7.29. The maximum Gasteiger partial charge on any atom is 0.272 e. The molecule has 0 atom stereocenters. The number of aryl methyl sites for hydroxylation is 1. The van der Waals surface area contributed by atoms with Gasteiger partial charge in [0.1, 0.15) is 5.69 Å². The number of anilines is 2. The largest absolute Gasteiger partial charge is 0.397 e. The van der Waals surface area contributed by atoms with Gasteiger partial charge in [0.25, 0.3) is 5.91 Å². The van der Waals surface area contributed by atoms with Crippen molar-refractivity contribution in [3.63, 3.8) is 0 Å². The Hall–Kier alpha value is -1.46. The Bertz CT molecular complexity index is 609. The van der Waals surface area contributed by atoms with E-state index in [0.29, 0.717) is 22.1 Å². The van der Waals surface area contributed by atoms with Crippen LogP contribution in [-0.2, 0) is 7.05 Å². The van der Waals surface area contributed by atoms with Crippen LogP contribution in [0.15, 0.2) is 34.9 Å². The summed E-state index contributed by atoms with van der Waals surface area (Å²) in [5, 5.41) is 3.33. The van der Waals surface area contributed by atoms with E-state index in [1.165, 1.54) is 0 Å². The van der Waals surface area contributed by atoms with Crippen LogP contribution in [0.1, 0.15) is 10.5 Å². The molecule has 0 aliphatic rings. The maximum absolute atomic E-state index is 12.1. The van der Waals surface area contributed by atoms with Crippen molar-refractivity contribution in [2.75, 3.05) is 11.1 Å². The summed E-state index contributed by atoms with van der Waals surface area (Å²) in [7, 11) is 1.76. The summed E-state index contributed by atoms with van der Waals surface area (Å²) in [5.74, 6) is -0.239. The van der Waals surface area contributed by atoms with Gasteiger partial charge in [0.2, 0.25) is 0 Å². The molecule has 0 bridgehead atoms. The number of nitrogens with two attached hydrogens (primary N) is 1. The number of rotatable bonds is 2. The molecule has 4 nitrogen and oxygen atoms in total. The van der Waals surface area contributed by atoms with Gasteiger partial charge >= 0.3 is 0 Å². The highest BCUT2D eigenvalue weighted by Gasteiger charge is 2.12. The first-order valence-electron chi connectivity index (χ1n) is 5.15. The summed E-state index contributed by atoms with van der Waals surface area (Å²) >= 11 is 9.23. The van der Waals surface area contributed by atoms with E-state index in [4.69, 9.17) is 17.3 Å². The number of halogens is 2. The monoisotopic (exact) mass is 327 g/mol. The van der Waals surface area contributed by atoms with Gasteiger partial charge in [-0.15, -0.1) is 0 Å². The molecule has 2 rings (SSSR count). The SMILES string of the molecule is Cn1cc(N)cc1C(=O)Nc1cc(Cl)ccc1Br. The van der Waals surface area contributed by atoms with Crippen LogP contribution in [0.3, 0.4) is 0 Å². The molecule has 1 heterocycles. The lowest BCUT2D eigenvalue weighted by Crippen LogP contribution is -2.15. The smallest absolute Gasteiger partial charge is 0.272 e. The Kier molecular flexibility index (Phi) is 3.63. The van der Waals surface area contributed by atoms with Gasteiger partial charge in [-0.1, -0.05) is 11.6 Å². The van der Waals surface area contributed by atoms with E-state index in [2.05, 4.69) is 21.2 Å². The number of amides is 1. The number of benzene rings is 1. The average molecular weight is 329 g/mol. The van der Waals surface area contributed by atoms with Crippen molar-refractivity contribution < 1.29 is 4.79 Å². The number of hydrogen-bond acceptors (Lipinski definition) is 2. The predicted molar refractivity (Wildman–Crippen MR) is 76.9 cm³/mol. The van der Waals surface area contributed by atoms with Gasteiger partial charge in [-0.2, -0.15) is 0 Å². The van der Waals surface area contributed by atoms with Gasteiger partial charge in [0.05, 0.1) is 11.4 Å². The first-order valence-corrected chi connectivity index (χ1v) is 6.32. The predicted octanol–water partition coefficient (Wildman–Crippen LogP) is 3.28. The summed E-state index contributed by atoms with van der Waals surface area (Å²) in [6.07, 6.45) is 1.68. The highest BCUT2D eigenvalue weighted by molar-refractivity contribution is 9.10. The summed E-state index contributed by atoms with van der Waals surface area (Å²) in [6.45, 7) is 0. The molecule has 3 N–H and O–H groups in total. The van der Waals surface area contributed by atoms with E-state index in [-0.39, 0.29) is 5.91 Å². The van der Waals surface area contributed by atoms with Crippen molar-refractivity contribution in [1.29, 1.82) is 0 Å². The van der Waals surface area contributed by atoms with E-state index in [1.54, 1.807) is 42.1 Å². The van der Waals surface area contributed by atoms with Crippen LogP contribution in [0.25, 0.3) is 0 Å². The molecule has 0 spiro atoms. The molecule has 1 aromatic carbocycles. The van der Waals surface area contributed by atoms with E-state index in [1.807, 2.05) is 0 Å². The zero-order valence-corrected chi connectivity index (χ0v) is 11.9. The van der Waals surface area contributed by atoms with E-state index >= 15 is 0 Å². The minimum absolute atomic E-state index is 0.239. The van der Waals surface area contributed by atoms with E-state index in [0.717, 1.165) is 4.47 Å². The zero-order valence-electron chi connectivity index (χ0n) is 9.58.